The van der Waals surface area contributed by atoms with E-state index in [-0.39, 0.29) is 28.1 Å². The monoisotopic (exact) mass is 425 g/mol. The van der Waals surface area contributed by atoms with Crippen molar-refractivity contribution in [2.45, 2.75) is 11.8 Å². The Morgan fingerprint density at radius 3 is 2.21 bits per heavy atom. The lowest BCUT2D eigenvalue weighted by Crippen LogP contribution is -2.23. The molecule has 0 radical (unpaired) electrons. The molecule has 150 valence electrons. The molecule has 0 unspecified atom stereocenters. The van der Waals surface area contributed by atoms with Gasteiger partial charge >= 0.3 is 0 Å². The van der Waals surface area contributed by atoms with E-state index in [9.17, 15) is 18.0 Å². The molecule has 0 aliphatic rings. The number of sulfonamides is 1. The second kappa shape index (κ2) is 9.05. The molecular weight excluding hydrogens is 406 g/mol. The van der Waals surface area contributed by atoms with Gasteiger partial charge in [-0.05, 0) is 42.5 Å². The van der Waals surface area contributed by atoms with E-state index >= 15 is 0 Å². The Labute approximate surface area is 168 Å². The van der Waals surface area contributed by atoms with Gasteiger partial charge in [0.25, 0.3) is 5.91 Å². The maximum Gasteiger partial charge on any atom is 0.262 e. The highest BCUT2D eigenvalue weighted by molar-refractivity contribution is 7.89. The summed E-state index contributed by atoms with van der Waals surface area (Å²) in [6, 6.07) is 10.7. The molecule has 0 saturated heterocycles. The number of rotatable bonds is 7. The molecule has 0 aliphatic heterocycles. The predicted molar refractivity (Wildman–Crippen MR) is 107 cm³/mol. The van der Waals surface area contributed by atoms with Crippen LogP contribution in [-0.4, -0.2) is 45.2 Å². The fourth-order valence-electron chi connectivity index (χ4n) is 2.16. The number of carbonyl (C=O) groups excluding carboxylic acids is 2. The smallest absolute Gasteiger partial charge is 0.262 e. The van der Waals surface area contributed by atoms with Crippen molar-refractivity contribution >= 4 is 44.8 Å². The summed E-state index contributed by atoms with van der Waals surface area (Å²) in [6.45, 7) is 1.12. The van der Waals surface area contributed by atoms with Crippen LogP contribution < -0.4 is 15.4 Å². The lowest BCUT2D eigenvalue weighted by molar-refractivity contribution is -0.118. The highest BCUT2D eigenvalue weighted by Crippen LogP contribution is 2.26. The van der Waals surface area contributed by atoms with Crippen LogP contribution in [0.4, 0.5) is 11.4 Å². The molecule has 28 heavy (non-hydrogen) atoms. The fourth-order valence-corrected chi connectivity index (χ4v) is 3.55. The van der Waals surface area contributed by atoms with Gasteiger partial charge in [-0.3, -0.25) is 9.59 Å². The number of nitrogens with zero attached hydrogens (tertiary/aromatic N) is 1. The summed E-state index contributed by atoms with van der Waals surface area (Å²) in [5.74, 6) is -0.218. The first-order chi connectivity index (χ1) is 13.1. The molecular formula is C18H20ClN3O5S. The van der Waals surface area contributed by atoms with Crippen LogP contribution in [0.3, 0.4) is 0 Å². The molecule has 2 aromatic rings. The average Bonchev–Trinajstić information content (AvgIpc) is 2.62. The molecule has 2 N–H and O–H groups in total. The van der Waals surface area contributed by atoms with E-state index in [1.807, 2.05) is 0 Å². The Kier molecular flexibility index (Phi) is 7.00. The first-order valence-electron chi connectivity index (χ1n) is 8.12. The number of halogens is 1. The number of carbonyl (C=O) groups is 2. The van der Waals surface area contributed by atoms with Crippen LogP contribution in [-0.2, 0) is 19.6 Å². The van der Waals surface area contributed by atoms with E-state index in [2.05, 4.69) is 10.6 Å². The summed E-state index contributed by atoms with van der Waals surface area (Å²) in [5, 5.41) is 5.25. The van der Waals surface area contributed by atoms with Gasteiger partial charge in [0.2, 0.25) is 15.9 Å². The first kappa shape index (κ1) is 21.7. The SMILES string of the molecule is CC(=O)Nc1ccc(OCC(=O)Nc2ccc(Cl)c(S(=O)(=O)N(C)C)c2)cc1. The molecule has 0 atom stereocenters. The Bertz CT molecular complexity index is 975. The zero-order valence-electron chi connectivity index (χ0n) is 15.5. The third kappa shape index (κ3) is 5.69. The topological polar surface area (TPSA) is 105 Å². The number of amides is 2. The van der Waals surface area contributed by atoms with Crippen LogP contribution in [0.2, 0.25) is 5.02 Å². The van der Waals surface area contributed by atoms with Gasteiger partial charge in [-0.2, -0.15) is 0 Å². The second-order valence-corrected chi connectivity index (χ2v) is 8.50. The molecule has 2 aromatic carbocycles. The van der Waals surface area contributed by atoms with E-state index in [1.54, 1.807) is 24.3 Å². The predicted octanol–water partition coefficient (Wildman–Crippen LogP) is 2.57. The third-order valence-electron chi connectivity index (χ3n) is 3.52. The second-order valence-electron chi connectivity index (χ2n) is 5.98. The van der Waals surface area contributed by atoms with E-state index in [1.165, 1.54) is 39.2 Å². The summed E-state index contributed by atoms with van der Waals surface area (Å²) in [4.78, 5) is 23.0. The molecule has 0 bridgehead atoms. The molecule has 0 aromatic heterocycles. The zero-order valence-corrected chi connectivity index (χ0v) is 17.1. The van der Waals surface area contributed by atoms with Crippen molar-refractivity contribution in [2.75, 3.05) is 31.3 Å². The summed E-state index contributed by atoms with van der Waals surface area (Å²) in [6.07, 6.45) is 0. The molecule has 10 heteroatoms. The fraction of sp³-hybridized carbons (Fsp3) is 0.222. The number of nitrogens with one attached hydrogen (secondary N) is 2. The molecule has 2 amide bonds. The van der Waals surface area contributed by atoms with Crippen LogP contribution in [0.5, 0.6) is 5.75 Å². The van der Waals surface area contributed by atoms with E-state index < -0.39 is 15.9 Å². The molecule has 0 saturated carbocycles. The quantitative estimate of drug-likeness (QED) is 0.709. The highest BCUT2D eigenvalue weighted by Gasteiger charge is 2.21. The Balaban J connectivity index is 2.01. The summed E-state index contributed by atoms with van der Waals surface area (Å²) in [5.41, 5.74) is 0.888. The van der Waals surface area contributed by atoms with Crippen molar-refractivity contribution in [3.8, 4) is 5.75 Å². The van der Waals surface area contributed by atoms with E-state index in [0.717, 1.165) is 4.31 Å². The largest absolute Gasteiger partial charge is 0.484 e. The molecule has 0 fully saturated rings. The summed E-state index contributed by atoms with van der Waals surface area (Å²) in [7, 11) is -0.963. The number of benzene rings is 2. The van der Waals surface area contributed by atoms with Gasteiger partial charge in [0.05, 0.1) is 5.02 Å². The van der Waals surface area contributed by atoms with Crippen molar-refractivity contribution in [2.24, 2.45) is 0 Å². The van der Waals surface area contributed by atoms with Gasteiger partial charge in [0, 0.05) is 32.4 Å². The number of ether oxygens (including phenoxy) is 1. The van der Waals surface area contributed by atoms with Gasteiger partial charge in [-0.15, -0.1) is 0 Å². The van der Waals surface area contributed by atoms with Crippen molar-refractivity contribution in [3.63, 3.8) is 0 Å². The van der Waals surface area contributed by atoms with Crippen LogP contribution in [0.25, 0.3) is 0 Å². The minimum Gasteiger partial charge on any atom is -0.484 e. The van der Waals surface area contributed by atoms with E-state index in [0.29, 0.717) is 11.4 Å². The van der Waals surface area contributed by atoms with E-state index in [4.69, 9.17) is 16.3 Å². The maximum atomic E-state index is 12.3. The minimum atomic E-state index is -3.75. The lowest BCUT2D eigenvalue weighted by Gasteiger charge is -2.14. The molecule has 0 heterocycles. The van der Waals surface area contributed by atoms with Gasteiger partial charge in [0.15, 0.2) is 6.61 Å². The molecule has 0 spiro atoms. The maximum absolute atomic E-state index is 12.3. The van der Waals surface area contributed by atoms with Crippen molar-refractivity contribution < 1.29 is 22.7 Å². The Morgan fingerprint density at radius 2 is 1.64 bits per heavy atom. The number of hydrogen-bond acceptors (Lipinski definition) is 5. The molecule has 2 rings (SSSR count). The molecule has 0 aliphatic carbocycles. The minimum absolute atomic E-state index is 0.0576. The lowest BCUT2D eigenvalue weighted by atomic mass is 10.3. The summed E-state index contributed by atoms with van der Waals surface area (Å²) >= 11 is 5.98. The number of hydrogen-bond donors (Lipinski definition) is 2. The van der Waals surface area contributed by atoms with Crippen molar-refractivity contribution in [1.82, 2.24) is 4.31 Å². The van der Waals surface area contributed by atoms with Crippen LogP contribution in [0.15, 0.2) is 47.4 Å². The van der Waals surface area contributed by atoms with Crippen LogP contribution in [0.1, 0.15) is 6.92 Å². The van der Waals surface area contributed by atoms with Crippen molar-refractivity contribution in [3.05, 3.63) is 47.5 Å². The van der Waals surface area contributed by atoms with Gasteiger partial charge in [-0.25, -0.2) is 12.7 Å². The normalized spacial score (nSPS) is 11.2. The highest BCUT2D eigenvalue weighted by atomic mass is 35.5. The van der Waals surface area contributed by atoms with Gasteiger partial charge < -0.3 is 15.4 Å². The van der Waals surface area contributed by atoms with Crippen LogP contribution in [0, 0.1) is 0 Å². The Morgan fingerprint density at radius 1 is 1.04 bits per heavy atom. The van der Waals surface area contributed by atoms with Crippen LogP contribution >= 0.6 is 11.6 Å². The standard InChI is InChI=1S/C18H20ClN3O5S/c1-12(23)20-13-4-7-15(8-5-13)27-11-18(24)21-14-6-9-16(19)17(10-14)28(25,26)22(2)3/h4-10H,11H2,1-3H3,(H,20,23)(H,21,24). The summed E-state index contributed by atoms with van der Waals surface area (Å²) < 4.78 is 31.0. The zero-order chi connectivity index (χ0) is 20.9. The third-order valence-corrected chi connectivity index (χ3v) is 5.81. The first-order valence-corrected chi connectivity index (χ1v) is 9.94. The van der Waals surface area contributed by atoms with Gasteiger partial charge in [0.1, 0.15) is 10.6 Å². The van der Waals surface area contributed by atoms with Crippen molar-refractivity contribution in [1.29, 1.82) is 0 Å². The molecule has 8 nitrogen and oxygen atoms in total. The number of anilines is 2. The average molecular weight is 426 g/mol. The Hall–Kier alpha value is -2.62. The van der Waals surface area contributed by atoms with Gasteiger partial charge in [-0.1, -0.05) is 11.6 Å².